The molecule has 0 saturated heterocycles. The molecule has 0 aromatic heterocycles. The van der Waals surface area contributed by atoms with Crippen molar-refractivity contribution in [1.29, 1.82) is 0 Å². The minimum Gasteiger partial charge on any atom is -0.496 e. The molecule has 1 rings (SSSR count). The van der Waals surface area contributed by atoms with Crippen molar-refractivity contribution in [3.05, 3.63) is 23.8 Å². The molecular formula is C9H11NO2. The summed E-state index contributed by atoms with van der Waals surface area (Å²) in [4.78, 5) is 10.1. The van der Waals surface area contributed by atoms with Crippen molar-refractivity contribution in [2.75, 3.05) is 12.4 Å². The number of anilines is 1. The number of amides is 1. The fourth-order valence-corrected chi connectivity index (χ4v) is 1.04. The Morgan fingerprint density at radius 1 is 1.50 bits per heavy atom. The van der Waals surface area contributed by atoms with Gasteiger partial charge in [-0.25, -0.2) is 0 Å². The van der Waals surface area contributed by atoms with E-state index in [-0.39, 0.29) is 0 Å². The molecule has 3 nitrogen and oxygen atoms in total. The van der Waals surface area contributed by atoms with Gasteiger partial charge in [-0.15, -0.1) is 0 Å². The summed E-state index contributed by atoms with van der Waals surface area (Å²) >= 11 is 0. The average molecular weight is 165 g/mol. The van der Waals surface area contributed by atoms with Crippen LogP contribution in [0, 0.1) is 6.92 Å². The standard InChI is InChI=1S/C9H11NO2/c1-7-5-8(10-6-11)3-4-9(7)12-2/h3-6H,1-2H3,(H,10,11). The predicted molar refractivity (Wildman–Crippen MR) is 47.4 cm³/mol. The van der Waals surface area contributed by atoms with Gasteiger partial charge in [0.2, 0.25) is 6.41 Å². The first-order valence-electron chi connectivity index (χ1n) is 3.62. The van der Waals surface area contributed by atoms with E-state index >= 15 is 0 Å². The van der Waals surface area contributed by atoms with Crippen LogP contribution in [-0.4, -0.2) is 13.5 Å². The van der Waals surface area contributed by atoms with E-state index in [1.54, 1.807) is 13.2 Å². The number of benzene rings is 1. The number of carbonyl (C=O) groups is 1. The second kappa shape index (κ2) is 3.76. The monoisotopic (exact) mass is 165 g/mol. The predicted octanol–water partition coefficient (Wildman–Crippen LogP) is 1.57. The SMILES string of the molecule is COc1ccc(NC=O)cc1C. The summed E-state index contributed by atoms with van der Waals surface area (Å²) in [7, 11) is 1.62. The first-order valence-corrected chi connectivity index (χ1v) is 3.62. The molecule has 0 atom stereocenters. The van der Waals surface area contributed by atoms with E-state index in [0.29, 0.717) is 6.41 Å². The third-order valence-corrected chi connectivity index (χ3v) is 1.62. The fraction of sp³-hybridized carbons (Fsp3) is 0.222. The Hall–Kier alpha value is -1.51. The zero-order chi connectivity index (χ0) is 8.97. The Morgan fingerprint density at radius 3 is 2.75 bits per heavy atom. The van der Waals surface area contributed by atoms with Crippen molar-refractivity contribution in [3.63, 3.8) is 0 Å². The minimum absolute atomic E-state index is 0.654. The van der Waals surface area contributed by atoms with Crippen LogP contribution in [-0.2, 0) is 4.79 Å². The molecule has 1 aromatic carbocycles. The van der Waals surface area contributed by atoms with E-state index in [2.05, 4.69) is 5.32 Å². The lowest BCUT2D eigenvalue weighted by Gasteiger charge is -2.05. The Kier molecular flexibility index (Phi) is 2.69. The topological polar surface area (TPSA) is 38.3 Å². The van der Waals surface area contributed by atoms with Crippen molar-refractivity contribution < 1.29 is 9.53 Å². The number of rotatable bonds is 3. The van der Waals surface area contributed by atoms with Gasteiger partial charge in [0.05, 0.1) is 7.11 Å². The van der Waals surface area contributed by atoms with Gasteiger partial charge in [-0.3, -0.25) is 4.79 Å². The van der Waals surface area contributed by atoms with Crippen LogP contribution < -0.4 is 10.1 Å². The number of nitrogens with one attached hydrogen (secondary N) is 1. The lowest BCUT2D eigenvalue weighted by atomic mass is 10.2. The molecule has 0 spiro atoms. The number of ether oxygens (including phenoxy) is 1. The molecule has 0 radical (unpaired) electrons. The molecule has 0 aliphatic heterocycles. The third kappa shape index (κ3) is 1.75. The Labute approximate surface area is 71.4 Å². The third-order valence-electron chi connectivity index (χ3n) is 1.62. The first-order chi connectivity index (χ1) is 5.77. The number of carbonyl (C=O) groups excluding carboxylic acids is 1. The van der Waals surface area contributed by atoms with Gasteiger partial charge >= 0.3 is 0 Å². The van der Waals surface area contributed by atoms with Gasteiger partial charge in [-0.05, 0) is 30.7 Å². The zero-order valence-corrected chi connectivity index (χ0v) is 7.13. The maximum atomic E-state index is 10.1. The molecule has 1 amide bonds. The summed E-state index contributed by atoms with van der Waals surface area (Å²) < 4.78 is 5.06. The highest BCUT2D eigenvalue weighted by atomic mass is 16.5. The minimum atomic E-state index is 0.654. The molecule has 3 heteroatoms. The van der Waals surface area contributed by atoms with Crippen LogP contribution in [0.2, 0.25) is 0 Å². The van der Waals surface area contributed by atoms with Gasteiger partial charge in [-0.1, -0.05) is 0 Å². The number of methoxy groups -OCH3 is 1. The largest absolute Gasteiger partial charge is 0.496 e. The highest BCUT2D eigenvalue weighted by molar-refractivity contribution is 5.71. The molecule has 0 unspecified atom stereocenters. The van der Waals surface area contributed by atoms with Crippen molar-refractivity contribution in [2.24, 2.45) is 0 Å². The van der Waals surface area contributed by atoms with Crippen LogP contribution in [0.25, 0.3) is 0 Å². The maximum Gasteiger partial charge on any atom is 0.211 e. The van der Waals surface area contributed by atoms with Crippen molar-refractivity contribution in [1.82, 2.24) is 0 Å². The van der Waals surface area contributed by atoms with Crippen LogP contribution in [0.3, 0.4) is 0 Å². The highest BCUT2D eigenvalue weighted by Crippen LogP contribution is 2.20. The first kappa shape index (κ1) is 8.59. The van der Waals surface area contributed by atoms with Crippen LogP contribution in [0.15, 0.2) is 18.2 Å². The van der Waals surface area contributed by atoms with Gasteiger partial charge in [0.15, 0.2) is 0 Å². The van der Waals surface area contributed by atoms with E-state index in [1.165, 1.54) is 0 Å². The summed E-state index contributed by atoms with van der Waals surface area (Å²) in [5.74, 6) is 0.825. The Morgan fingerprint density at radius 2 is 2.25 bits per heavy atom. The second-order valence-electron chi connectivity index (χ2n) is 2.45. The highest BCUT2D eigenvalue weighted by Gasteiger charge is 1.97. The fourth-order valence-electron chi connectivity index (χ4n) is 1.04. The normalized spacial score (nSPS) is 9.17. The van der Waals surface area contributed by atoms with E-state index in [0.717, 1.165) is 17.0 Å². The molecule has 64 valence electrons. The van der Waals surface area contributed by atoms with Crippen molar-refractivity contribution in [3.8, 4) is 5.75 Å². The summed E-state index contributed by atoms with van der Waals surface area (Å²) in [5, 5.41) is 2.56. The molecule has 0 fully saturated rings. The molecule has 0 saturated carbocycles. The van der Waals surface area contributed by atoms with E-state index < -0.39 is 0 Å². The van der Waals surface area contributed by atoms with Crippen LogP contribution >= 0.6 is 0 Å². The van der Waals surface area contributed by atoms with Crippen molar-refractivity contribution >= 4 is 12.1 Å². The summed E-state index contributed by atoms with van der Waals surface area (Å²) in [6.45, 7) is 1.93. The van der Waals surface area contributed by atoms with Crippen molar-refractivity contribution in [2.45, 2.75) is 6.92 Å². The van der Waals surface area contributed by atoms with Gasteiger partial charge < -0.3 is 10.1 Å². The zero-order valence-electron chi connectivity index (χ0n) is 7.13. The summed E-state index contributed by atoms with van der Waals surface area (Å²) in [6, 6.07) is 5.47. The molecule has 1 aromatic rings. The number of hydrogen-bond donors (Lipinski definition) is 1. The molecule has 0 aliphatic rings. The van der Waals surface area contributed by atoms with Gasteiger partial charge in [0.25, 0.3) is 0 Å². The second-order valence-corrected chi connectivity index (χ2v) is 2.45. The quantitative estimate of drug-likeness (QED) is 0.690. The molecule has 0 heterocycles. The average Bonchev–Trinajstić information content (AvgIpc) is 2.05. The molecule has 0 bridgehead atoms. The molecule has 0 aliphatic carbocycles. The smallest absolute Gasteiger partial charge is 0.211 e. The lowest BCUT2D eigenvalue weighted by Crippen LogP contribution is -1.94. The molecular weight excluding hydrogens is 154 g/mol. The molecule has 12 heavy (non-hydrogen) atoms. The molecule has 1 N–H and O–H groups in total. The Balaban J connectivity index is 2.93. The van der Waals surface area contributed by atoms with Crippen LogP contribution in [0.5, 0.6) is 5.75 Å². The van der Waals surface area contributed by atoms with E-state index in [4.69, 9.17) is 4.74 Å². The number of hydrogen-bond acceptors (Lipinski definition) is 2. The lowest BCUT2D eigenvalue weighted by molar-refractivity contribution is -0.105. The summed E-state index contributed by atoms with van der Waals surface area (Å²) in [5.41, 5.74) is 1.78. The Bertz CT molecular complexity index is 284. The summed E-state index contributed by atoms with van der Waals surface area (Å²) in [6.07, 6.45) is 0.654. The van der Waals surface area contributed by atoms with Crippen LogP contribution in [0.1, 0.15) is 5.56 Å². The van der Waals surface area contributed by atoms with E-state index in [1.807, 2.05) is 19.1 Å². The van der Waals surface area contributed by atoms with Gasteiger partial charge in [-0.2, -0.15) is 0 Å². The van der Waals surface area contributed by atoms with E-state index in [9.17, 15) is 4.79 Å². The van der Waals surface area contributed by atoms with Crippen LogP contribution in [0.4, 0.5) is 5.69 Å². The van der Waals surface area contributed by atoms with Gasteiger partial charge in [0.1, 0.15) is 5.75 Å². The maximum absolute atomic E-state index is 10.1. The number of aryl methyl sites for hydroxylation is 1. The van der Waals surface area contributed by atoms with Gasteiger partial charge in [0, 0.05) is 5.69 Å².